The number of ether oxygens (including phenoxy) is 1. The molecule has 1 fully saturated rings. The Morgan fingerprint density at radius 2 is 1.69 bits per heavy atom. The fourth-order valence-electron chi connectivity index (χ4n) is 2.83. The minimum Gasteiger partial charge on any atom is -0.495 e. The highest BCUT2D eigenvalue weighted by Crippen LogP contribution is 2.48. The first-order valence-electron chi connectivity index (χ1n) is 8.40. The minimum absolute atomic E-state index is 0.287. The van der Waals surface area contributed by atoms with E-state index in [1.54, 1.807) is 18.2 Å². The predicted octanol–water partition coefficient (Wildman–Crippen LogP) is 4.32. The van der Waals surface area contributed by atoms with E-state index in [-0.39, 0.29) is 11.8 Å². The predicted molar refractivity (Wildman–Crippen MR) is 103 cm³/mol. The monoisotopic (exact) mass is 372 g/mol. The normalized spacial score (nSPS) is 14.5. The lowest BCUT2D eigenvalue weighted by Gasteiger charge is -2.18. The van der Waals surface area contributed by atoms with Crippen LogP contribution in [0.15, 0.2) is 36.4 Å². The number of carbonyl (C=O) groups is 2. The summed E-state index contributed by atoms with van der Waals surface area (Å²) in [5, 5.41) is 6.17. The molecule has 2 aromatic rings. The summed E-state index contributed by atoms with van der Waals surface area (Å²) in [6.45, 7) is 3.93. The fraction of sp³-hybridized carbons (Fsp3) is 0.300. The first-order valence-corrected chi connectivity index (χ1v) is 8.78. The van der Waals surface area contributed by atoms with Crippen molar-refractivity contribution in [3.8, 4) is 5.75 Å². The Morgan fingerprint density at radius 3 is 2.31 bits per heavy atom. The molecule has 136 valence electrons. The Bertz CT molecular complexity index is 875. The molecule has 0 bridgehead atoms. The highest BCUT2D eigenvalue weighted by atomic mass is 35.5. The molecular weight excluding hydrogens is 352 g/mol. The van der Waals surface area contributed by atoms with E-state index in [1.807, 2.05) is 32.0 Å². The Balaban J connectivity index is 1.78. The molecule has 5 nitrogen and oxygen atoms in total. The average molecular weight is 373 g/mol. The van der Waals surface area contributed by atoms with Gasteiger partial charge in [-0.05, 0) is 62.1 Å². The van der Waals surface area contributed by atoms with Crippen molar-refractivity contribution in [2.75, 3.05) is 17.7 Å². The van der Waals surface area contributed by atoms with E-state index in [1.165, 1.54) is 7.11 Å². The van der Waals surface area contributed by atoms with E-state index < -0.39 is 5.41 Å². The lowest BCUT2D eigenvalue weighted by molar-refractivity contribution is -0.131. The number of amides is 2. The summed E-state index contributed by atoms with van der Waals surface area (Å²) in [6, 6.07) is 10.7. The Kier molecular flexibility index (Phi) is 4.92. The fourth-order valence-corrected chi connectivity index (χ4v) is 3.00. The number of methoxy groups -OCH3 is 1. The van der Waals surface area contributed by atoms with Gasteiger partial charge < -0.3 is 15.4 Å². The van der Waals surface area contributed by atoms with Crippen LogP contribution >= 0.6 is 11.6 Å². The molecule has 1 aliphatic rings. The molecule has 3 rings (SSSR count). The lowest BCUT2D eigenvalue weighted by atomic mass is 10.0. The molecule has 2 aromatic carbocycles. The van der Waals surface area contributed by atoms with Crippen LogP contribution < -0.4 is 15.4 Å². The molecule has 1 saturated carbocycles. The van der Waals surface area contributed by atoms with Gasteiger partial charge >= 0.3 is 0 Å². The van der Waals surface area contributed by atoms with Gasteiger partial charge in [-0.25, -0.2) is 0 Å². The van der Waals surface area contributed by atoms with Crippen LogP contribution in [-0.2, 0) is 9.59 Å². The molecule has 0 heterocycles. The number of hydrogen-bond acceptors (Lipinski definition) is 3. The number of anilines is 2. The van der Waals surface area contributed by atoms with Crippen molar-refractivity contribution in [1.82, 2.24) is 0 Å². The van der Waals surface area contributed by atoms with Gasteiger partial charge in [0.05, 0.1) is 12.8 Å². The van der Waals surface area contributed by atoms with Gasteiger partial charge in [0.1, 0.15) is 11.2 Å². The zero-order valence-electron chi connectivity index (χ0n) is 15.0. The van der Waals surface area contributed by atoms with E-state index >= 15 is 0 Å². The summed E-state index contributed by atoms with van der Waals surface area (Å²) in [5.74, 6) is -0.140. The molecule has 0 spiro atoms. The van der Waals surface area contributed by atoms with Crippen molar-refractivity contribution in [2.24, 2.45) is 5.41 Å². The molecule has 0 unspecified atom stereocenters. The Morgan fingerprint density at radius 1 is 1.04 bits per heavy atom. The maximum absolute atomic E-state index is 12.8. The third-order valence-corrected chi connectivity index (χ3v) is 5.12. The van der Waals surface area contributed by atoms with Gasteiger partial charge in [0.25, 0.3) is 0 Å². The average Bonchev–Trinajstić information content (AvgIpc) is 3.41. The zero-order valence-corrected chi connectivity index (χ0v) is 15.7. The van der Waals surface area contributed by atoms with E-state index in [0.717, 1.165) is 16.8 Å². The van der Waals surface area contributed by atoms with Gasteiger partial charge in [0.2, 0.25) is 11.8 Å². The SMILES string of the molecule is COc1ccc(Cl)cc1NC(=O)C1(C(=O)Nc2cccc(C)c2C)CC1. The van der Waals surface area contributed by atoms with Crippen LogP contribution in [0, 0.1) is 19.3 Å². The molecule has 0 atom stereocenters. The van der Waals surface area contributed by atoms with Crippen LogP contribution in [0.3, 0.4) is 0 Å². The number of rotatable bonds is 5. The summed E-state index contributed by atoms with van der Waals surface area (Å²) in [5.41, 5.74) is 2.21. The second kappa shape index (κ2) is 7.00. The molecule has 0 aromatic heterocycles. The van der Waals surface area contributed by atoms with Crippen LogP contribution in [0.5, 0.6) is 5.75 Å². The number of halogens is 1. The Labute approximate surface area is 157 Å². The van der Waals surface area contributed by atoms with E-state index in [2.05, 4.69) is 10.6 Å². The van der Waals surface area contributed by atoms with Gasteiger partial charge in [0, 0.05) is 10.7 Å². The number of benzene rings is 2. The van der Waals surface area contributed by atoms with Crippen LogP contribution in [0.1, 0.15) is 24.0 Å². The maximum Gasteiger partial charge on any atom is 0.240 e. The second-order valence-electron chi connectivity index (χ2n) is 6.58. The van der Waals surface area contributed by atoms with E-state index in [9.17, 15) is 9.59 Å². The highest BCUT2D eigenvalue weighted by molar-refractivity contribution is 6.31. The first-order chi connectivity index (χ1) is 12.4. The molecule has 1 aliphatic carbocycles. The van der Waals surface area contributed by atoms with Crippen LogP contribution in [0.2, 0.25) is 5.02 Å². The highest BCUT2D eigenvalue weighted by Gasteiger charge is 2.56. The third kappa shape index (κ3) is 3.40. The van der Waals surface area contributed by atoms with Gasteiger partial charge in [0.15, 0.2) is 0 Å². The van der Waals surface area contributed by atoms with Crippen LogP contribution in [0.25, 0.3) is 0 Å². The smallest absolute Gasteiger partial charge is 0.240 e. The van der Waals surface area contributed by atoms with Crippen molar-refractivity contribution in [3.05, 3.63) is 52.5 Å². The molecule has 26 heavy (non-hydrogen) atoms. The zero-order chi connectivity index (χ0) is 18.9. The third-order valence-electron chi connectivity index (χ3n) is 4.88. The quantitative estimate of drug-likeness (QED) is 0.768. The molecule has 6 heteroatoms. The number of carbonyl (C=O) groups excluding carboxylic acids is 2. The van der Waals surface area contributed by atoms with Gasteiger partial charge in [-0.15, -0.1) is 0 Å². The Hall–Kier alpha value is -2.53. The van der Waals surface area contributed by atoms with Gasteiger partial charge in [-0.3, -0.25) is 9.59 Å². The molecule has 0 radical (unpaired) electrons. The van der Waals surface area contributed by atoms with Crippen LogP contribution in [0.4, 0.5) is 11.4 Å². The van der Waals surface area contributed by atoms with Gasteiger partial charge in [-0.1, -0.05) is 23.7 Å². The van der Waals surface area contributed by atoms with Crippen molar-refractivity contribution < 1.29 is 14.3 Å². The summed E-state index contributed by atoms with van der Waals surface area (Å²) in [7, 11) is 1.51. The van der Waals surface area contributed by atoms with E-state index in [0.29, 0.717) is 29.3 Å². The molecule has 2 N–H and O–H groups in total. The maximum atomic E-state index is 12.8. The van der Waals surface area contributed by atoms with Crippen molar-refractivity contribution in [1.29, 1.82) is 0 Å². The standard InChI is InChI=1S/C20H21ClN2O3/c1-12-5-4-6-15(13(12)2)22-18(24)20(9-10-20)19(25)23-16-11-14(21)7-8-17(16)26-3/h4-8,11H,9-10H2,1-3H3,(H,22,24)(H,23,25). The molecule has 0 saturated heterocycles. The number of hydrogen-bond donors (Lipinski definition) is 2. The minimum atomic E-state index is -1.05. The summed E-state index contributed by atoms with van der Waals surface area (Å²) in [6.07, 6.45) is 1.02. The lowest BCUT2D eigenvalue weighted by Crippen LogP contribution is -2.36. The summed E-state index contributed by atoms with van der Waals surface area (Å²) < 4.78 is 5.25. The van der Waals surface area contributed by atoms with Crippen molar-refractivity contribution in [2.45, 2.75) is 26.7 Å². The molecule has 0 aliphatic heterocycles. The largest absolute Gasteiger partial charge is 0.495 e. The van der Waals surface area contributed by atoms with Crippen molar-refractivity contribution in [3.63, 3.8) is 0 Å². The number of nitrogens with one attached hydrogen (secondary N) is 2. The van der Waals surface area contributed by atoms with Gasteiger partial charge in [-0.2, -0.15) is 0 Å². The van der Waals surface area contributed by atoms with E-state index in [4.69, 9.17) is 16.3 Å². The topological polar surface area (TPSA) is 67.4 Å². The first kappa shape index (κ1) is 18.3. The summed E-state index contributed by atoms with van der Waals surface area (Å²) in [4.78, 5) is 25.6. The summed E-state index contributed by atoms with van der Waals surface area (Å²) >= 11 is 6.00. The van der Waals surface area contributed by atoms with Crippen LogP contribution in [-0.4, -0.2) is 18.9 Å². The molecular formula is C20H21ClN2O3. The second-order valence-corrected chi connectivity index (χ2v) is 7.02. The number of aryl methyl sites for hydroxylation is 1. The van der Waals surface area contributed by atoms with Crippen molar-refractivity contribution >= 4 is 34.8 Å². The molecule has 2 amide bonds.